The van der Waals surface area contributed by atoms with E-state index in [1.54, 1.807) is 30.3 Å². The lowest BCUT2D eigenvalue weighted by molar-refractivity contribution is -0.111. The van der Waals surface area contributed by atoms with E-state index in [1.807, 2.05) is 44.2 Å². The summed E-state index contributed by atoms with van der Waals surface area (Å²) in [5.74, 6) is -0.531. The van der Waals surface area contributed by atoms with Crippen LogP contribution in [0.4, 0.5) is 11.4 Å². The third kappa shape index (κ3) is 4.70. The van der Waals surface area contributed by atoms with E-state index in [-0.39, 0.29) is 11.8 Å². The third-order valence-corrected chi connectivity index (χ3v) is 3.99. The Labute approximate surface area is 157 Å². The molecule has 0 aliphatic carbocycles. The Morgan fingerprint density at radius 3 is 2.48 bits per heavy atom. The average Bonchev–Trinajstić information content (AvgIpc) is 2.99. The average molecular weight is 360 g/mol. The Bertz CT molecular complexity index is 971. The maximum atomic E-state index is 12.5. The Hall–Kier alpha value is -3.67. The van der Waals surface area contributed by atoms with Crippen molar-refractivity contribution in [2.45, 2.75) is 13.8 Å². The third-order valence-electron chi connectivity index (χ3n) is 3.99. The zero-order valence-corrected chi connectivity index (χ0v) is 15.1. The molecule has 2 aromatic carbocycles. The van der Waals surface area contributed by atoms with E-state index in [0.717, 1.165) is 17.0 Å². The van der Waals surface area contributed by atoms with Gasteiger partial charge >= 0.3 is 0 Å². The van der Waals surface area contributed by atoms with E-state index in [9.17, 15) is 9.59 Å². The lowest BCUT2D eigenvalue weighted by Crippen LogP contribution is -2.14. The molecule has 2 amide bonds. The van der Waals surface area contributed by atoms with Gasteiger partial charge in [-0.15, -0.1) is 0 Å². The number of aromatic amines is 1. The maximum absolute atomic E-state index is 12.5. The van der Waals surface area contributed by atoms with E-state index < -0.39 is 0 Å². The van der Waals surface area contributed by atoms with Crippen LogP contribution in [-0.2, 0) is 4.79 Å². The first-order chi connectivity index (χ1) is 13.0. The van der Waals surface area contributed by atoms with Gasteiger partial charge in [-0.25, -0.2) is 0 Å². The molecule has 3 aromatic rings. The summed E-state index contributed by atoms with van der Waals surface area (Å²) in [4.78, 5) is 24.6. The molecule has 6 nitrogen and oxygen atoms in total. The number of hydrogen-bond donors (Lipinski definition) is 3. The highest BCUT2D eigenvalue weighted by atomic mass is 16.2. The highest BCUT2D eigenvalue weighted by Gasteiger charge is 2.12. The lowest BCUT2D eigenvalue weighted by atomic mass is 10.1. The Morgan fingerprint density at radius 1 is 1.00 bits per heavy atom. The van der Waals surface area contributed by atoms with Crippen LogP contribution in [-0.4, -0.2) is 22.0 Å². The second-order valence-electron chi connectivity index (χ2n) is 6.08. The molecule has 0 aliphatic rings. The quantitative estimate of drug-likeness (QED) is 0.603. The van der Waals surface area contributed by atoms with Gasteiger partial charge in [-0.1, -0.05) is 36.4 Å². The fourth-order valence-electron chi connectivity index (χ4n) is 2.58. The molecule has 0 fully saturated rings. The zero-order chi connectivity index (χ0) is 19.2. The minimum Gasteiger partial charge on any atom is -0.322 e. The Morgan fingerprint density at radius 2 is 1.78 bits per heavy atom. The van der Waals surface area contributed by atoms with E-state index >= 15 is 0 Å². The number of H-pyrrole nitrogens is 1. The van der Waals surface area contributed by atoms with Gasteiger partial charge in [0.15, 0.2) is 0 Å². The van der Waals surface area contributed by atoms with Crippen molar-refractivity contribution in [3.05, 3.63) is 83.2 Å². The molecule has 3 rings (SSSR count). The molecule has 0 saturated heterocycles. The van der Waals surface area contributed by atoms with Crippen molar-refractivity contribution in [3.8, 4) is 0 Å². The number of carbonyl (C=O) groups excluding carboxylic acids is 2. The van der Waals surface area contributed by atoms with Crippen LogP contribution in [0.3, 0.4) is 0 Å². The van der Waals surface area contributed by atoms with Crippen LogP contribution in [0.2, 0.25) is 0 Å². The summed E-state index contributed by atoms with van der Waals surface area (Å²) in [6.45, 7) is 3.65. The van der Waals surface area contributed by atoms with Crippen LogP contribution in [0.25, 0.3) is 6.08 Å². The first-order valence-electron chi connectivity index (χ1n) is 8.50. The molecule has 0 bridgehead atoms. The normalized spacial score (nSPS) is 10.7. The van der Waals surface area contributed by atoms with Crippen molar-refractivity contribution in [1.29, 1.82) is 0 Å². The topological polar surface area (TPSA) is 86.9 Å². The summed E-state index contributed by atoms with van der Waals surface area (Å²) in [6, 6.07) is 16.3. The van der Waals surface area contributed by atoms with Gasteiger partial charge in [0.1, 0.15) is 0 Å². The van der Waals surface area contributed by atoms with E-state index in [1.165, 1.54) is 6.08 Å². The summed E-state index contributed by atoms with van der Waals surface area (Å²) < 4.78 is 0. The van der Waals surface area contributed by atoms with Crippen LogP contribution < -0.4 is 10.6 Å². The number of aromatic nitrogens is 2. The van der Waals surface area contributed by atoms with Crippen molar-refractivity contribution in [2.24, 2.45) is 0 Å². The number of benzene rings is 2. The number of nitrogens with one attached hydrogen (secondary N) is 3. The number of amides is 2. The predicted octanol–water partition coefficient (Wildman–Crippen LogP) is 3.93. The van der Waals surface area contributed by atoms with Crippen molar-refractivity contribution in [3.63, 3.8) is 0 Å². The van der Waals surface area contributed by atoms with Crippen LogP contribution in [0.1, 0.15) is 27.3 Å². The molecule has 3 N–H and O–H groups in total. The van der Waals surface area contributed by atoms with Crippen molar-refractivity contribution in [1.82, 2.24) is 10.2 Å². The van der Waals surface area contributed by atoms with Gasteiger partial charge in [-0.05, 0) is 43.7 Å². The summed E-state index contributed by atoms with van der Waals surface area (Å²) in [6.07, 6.45) is 3.19. The number of hydrogen-bond acceptors (Lipinski definition) is 3. The van der Waals surface area contributed by atoms with Crippen LogP contribution >= 0.6 is 0 Å². The zero-order valence-electron chi connectivity index (χ0n) is 15.1. The SMILES string of the molecule is Cc1n[nH]c(C)c1NC(=O)c1cccc(NC(=O)/C=C/c2ccccc2)c1. The van der Waals surface area contributed by atoms with Gasteiger partial charge in [0, 0.05) is 17.3 Å². The van der Waals surface area contributed by atoms with Gasteiger partial charge in [0.25, 0.3) is 5.91 Å². The molecule has 1 aromatic heterocycles. The van der Waals surface area contributed by atoms with Gasteiger partial charge in [0.05, 0.1) is 17.1 Å². The molecule has 1 heterocycles. The molecule has 136 valence electrons. The largest absolute Gasteiger partial charge is 0.322 e. The Kier molecular flexibility index (Phi) is 5.47. The summed E-state index contributed by atoms with van der Waals surface area (Å²) in [7, 11) is 0. The first-order valence-corrected chi connectivity index (χ1v) is 8.50. The number of aryl methyl sites for hydroxylation is 2. The summed E-state index contributed by atoms with van der Waals surface area (Å²) in [5.41, 5.74) is 4.10. The predicted molar refractivity (Wildman–Crippen MR) is 107 cm³/mol. The van der Waals surface area contributed by atoms with E-state index in [2.05, 4.69) is 20.8 Å². The Balaban J connectivity index is 1.67. The van der Waals surface area contributed by atoms with Gasteiger partial charge in [-0.2, -0.15) is 5.10 Å². The minimum absolute atomic E-state index is 0.265. The number of rotatable bonds is 5. The van der Waals surface area contributed by atoms with Crippen molar-refractivity contribution < 1.29 is 9.59 Å². The second kappa shape index (κ2) is 8.14. The molecule has 27 heavy (non-hydrogen) atoms. The van der Waals surface area contributed by atoms with Gasteiger partial charge < -0.3 is 10.6 Å². The number of nitrogens with zero attached hydrogens (tertiary/aromatic N) is 1. The first kappa shape index (κ1) is 18.1. The smallest absolute Gasteiger partial charge is 0.255 e. The minimum atomic E-state index is -0.266. The van der Waals surface area contributed by atoms with Crippen LogP contribution in [0.15, 0.2) is 60.7 Å². The fourth-order valence-corrected chi connectivity index (χ4v) is 2.58. The number of anilines is 2. The van der Waals surface area contributed by atoms with E-state index in [0.29, 0.717) is 16.9 Å². The molecule has 0 radical (unpaired) electrons. The van der Waals surface area contributed by atoms with Crippen LogP contribution in [0.5, 0.6) is 0 Å². The van der Waals surface area contributed by atoms with Gasteiger partial charge in [-0.3, -0.25) is 14.7 Å². The molecule has 0 unspecified atom stereocenters. The lowest BCUT2D eigenvalue weighted by Gasteiger charge is -2.07. The molecule has 0 spiro atoms. The number of carbonyl (C=O) groups is 2. The van der Waals surface area contributed by atoms with Crippen molar-refractivity contribution in [2.75, 3.05) is 10.6 Å². The molecule has 0 atom stereocenters. The molecule has 0 aliphatic heterocycles. The monoisotopic (exact) mass is 360 g/mol. The highest BCUT2D eigenvalue weighted by Crippen LogP contribution is 2.18. The molecular formula is C21H20N4O2. The molecular weight excluding hydrogens is 340 g/mol. The van der Waals surface area contributed by atoms with E-state index in [4.69, 9.17) is 0 Å². The van der Waals surface area contributed by atoms with Crippen molar-refractivity contribution >= 4 is 29.3 Å². The maximum Gasteiger partial charge on any atom is 0.255 e. The van der Waals surface area contributed by atoms with Crippen LogP contribution in [0, 0.1) is 13.8 Å². The standard InChI is InChI=1S/C21H20N4O2/c1-14-20(15(2)25-24-14)23-21(27)17-9-6-10-18(13-17)22-19(26)12-11-16-7-4-3-5-8-16/h3-13H,1-2H3,(H,22,26)(H,23,27)(H,24,25)/b12-11+. The fraction of sp³-hybridized carbons (Fsp3) is 0.0952. The highest BCUT2D eigenvalue weighted by molar-refractivity contribution is 6.07. The second-order valence-corrected chi connectivity index (χ2v) is 6.08. The summed E-state index contributed by atoms with van der Waals surface area (Å²) in [5, 5.41) is 12.5. The summed E-state index contributed by atoms with van der Waals surface area (Å²) >= 11 is 0. The van der Waals surface area contributed by atoms with Gasteiger partial charge in [0.2, 0.25) is 5.91 Å². The molecule has 0 saturated carbocycles. The molecule has 6 heteroatoms.